The average molecular weight is 310 g/mol. The molecule has 0 atom stereocenters. The summed E-state index contributed by atoms with van der Waals surface area (Å²) in [4.78, 5) is 9.05. The van der Waals surface area contributed by atoms with Crippen molar-refractivity contribution < 1.29 is 0 Å². The third-order valence-electron chi connectivity index (χ3n) is 4.70. The first-order valence-electron chi connectivity index (χ1n) is 8.41. The summed E-state index contributed by atoms with van der Waals surface area (Å²) < 4.78 is 2.53. The van der Waals surface area contributed by atoms with Gasteiger partial charge in [-0.2, -0.15) is 5.10 Å². The maximum atomic E-state index is 4.36. The number of aromatic amines is 1. The van der Waals surface area contributed by atoms with Crippen molar-refractivity contribution in [3.8, 4) is 0 Å². The molecular formula is C15H24B2N6. The molecule has 0 amide bonds. The monoisotopic (exact) mass is 310 g/mol. The van der Waals surface area contributed by atoms with Crippen molar-refractivity contribution in [1.82, 2.24) is 19.9 Å². The normalized spacial score (nSPS) is 16.3. The number of benzene rings is 1. The van der Waals surface area contributed by atoms with Crippen molar-refractivity contribution in [2.24, 2.45) is 0 Å². The highest BCUT2D eigenvalue weighted by Crippen LogP contribution is 2.25. The van der Waals surface area contributed by atoms with E-state index in [0.717, 1.165) is 19.2 Å². The third kappa shape index (κ3) is 3.22. The van der Waals surface area contributed by atoms with E-state index < -0.39 is 0 Å². The molecule has 120 valence electrons. The van der Waals surface area contributed by atoms with Gasteiger partial charge in [0.1, 0.15) is 6.33 Å². The molecule has 1 aromatic heterocycles. The highest BCUT2D eigenvalue weighted by molar-refractivity contribution is 6.77. The molecule has 0 radical (unpaired) electrons. The largest absolute Gasteiger partial charge is 0.386 e. The number of anilines is 2. The number of unbranched alkanes of at least 4 members (excludes halogenated alkanes) is 1. The second-order valence-corrected chi connectivity index (χ2v) is 6.08. The fourth-order valence-electron chi connectivity index (χ4n) is 3.28. The van der Waals surface area contributed by atoms with Crippen LogP contribution in [-0.2, 0) is 0 Å². The minimum atomic E-state index is 0.282. The first kappa shape index (κ1) is 15.9. The van der Waals surface area contributed by atoms with Gasteiger partial charge in [0.25, 0.3) is 0 Å². The number of nitrogens with zero attached hydrogens (tertiary/aromatic N) is 5. The van der Waals surface area contributed by atoms with Crippen molar-refractivity contribution in [3.63, 3.8) is 0 Å². The first-order valence-corrected chi connectivity index (χ1v) is 8.41. The Kier molecular flexibility index (Phi) is 4.91. The maximum Gasteiger partial charge on any atom is 0.333 e. The fraction of sp³-hybridized carbons (Fsp3) is 0.467. The van der Waals surface area contributed by atoms with E-state index in [9.17, 15) is 0 Å². The van der Waals surface area contributed by atoms with Crippen LogP contribution in [-0.4, -0.2) is 47.1 Å². The molecule has 1 aliphatic rings. The molecule has 23 heavy (non-hydrogen) atoms. The summed E-state index contributed by atoms with van der Waals surface area (Å²) in [6.07, 6.45) is 3.97. The molecule has 1 aromatic carbocycles. The molecule has 1 aliphatic heterocycles. The molecular weight excluding hydrogens is 286 g/mol. The Hall–Kier alpha value is -1.95. The summed E-state index contributed by atoms with van der Waals surface area (Å²) in [5.74, 6) is 0.826. The number of hydrogen-bond donors (Lipinski definition) is 1. The van der Waals surface area contributed by atoms with Crippen LogP contribution in [0.15, 0.2) is 36.7 Å². The molecule has 1 saturated heterocycles. The number of H-pyrrole nitrogens is 1. The lowest BCUT2D eigenvalue weighted by Gasteiger charge is -2.49. The zero-order valence-electron chi connectivity index (χ0n) is 14.2. The highest BCUT2D eigenvalue weighted by Gasteiger charge is 2.41. The van der Waals surface area contributed by atoms with Crippen LogP contribution in [0.1, 0.15) is 19.8 Å². The SMILES string of the molecule is CCCCN1B(C)N(c2ccccc2)CN(c2ncn[nH]2)B1C. The van der Waals surface area contributed by atoms with Gasteiger partial charge < -0.3 is 14.3 Å². The Morgan fingerprint density at radius 3 is 2.52 bits per heavy atom. The first-order chi connectivity index (χ1) is 11.2. The number of hydrogen-bond acceptors (Lipinski definition) is 5. The van der Waals surface area contributed by atoms with E-state index in [1.54, 1.807) is 6.33 Å². The minimum Gasteiger partial charge on any atom is -0.386 e. The van der Waals surface area contributed by atoms with Gasteiger partial charge in [0, 0.05) is 5.69 Å². The lowest BCUT2D eigenvalue weighted by atomic mass is 9.57. The van der Waals surface area contributed by atoms with Gasteiger partial charge in [-0.25, -0.2) is 10.1 Å². The van der Waals surface area contributed by atoms with E-state index in [-0.39, 0.29) is 6.98 Å². The predicted octanol–water partition coefficient (Wildman–Crippen LogP) is 2.43. The third-order valence-corrected chi connectivity index (χ3v) is 4.70. The number of para-hydroxylation sites is 1. The average Bonchev–Trinajstić information content (AvgIpc) is 3.10. The van der Waals surface area contributed by atoms with E-state index in [1.165, 1.54) is 18.5 Å². The van der Waals surface area contributed by atoms with Gasteiger partial charge >= 0.3 is 14.0 Å². The van der Waals surface area contributed by atoms with Crippen LogP contribution in [0.3, 0.4) is 0 Å². The molecule has 6 nitrogen and oxygen atoms in total. The minimum absolute atomic E-state index is 0.282. The number of nitrogens with one attached hydrogen (secondary N) is 1. The van der Waals surface area contributed by atoms with Crippen LogP contribution in [0.5, 0.6) is 0 Å². The maximum absolute atomic E-state index is 4.36. The Bertz CT molecular complexity index is 593. The smallest absolute Gasteiger partial charge is 0.333 e. The van der Waals surface area contributed by atoms with Gasteiger partial charge in [0.05, 0.1) is 6.67 Å². The van der Waals surface area contributed by atoms with Crippen molar-refractivity contribution in [2.75, 3.05) is 22.8 Å². The Morgan fingerprint density at radius 2 is 1.87 bits per heavy atom. The van der Waals surface area contributed by atoms with E-state index in [2.05, 4.69) is 80.4 Å². The van der Waals surface area contributed by atoms with Crippen molar-refractivity contribution in [3.05, 3.63) is 36.7 Å². The zero-order chi connectivity index (χ0) is 16.2. The van der Waals surface area contributed by atoms with Crippen LogP contribution >= 0.6 is 0 Å². The lowest BCUT2D eigenvalue weighted by Crippen LogP contribution is -2.70. The molecule has 0 saturated carbocycles. The molecule has 0 aliphatic carbocycles. The Balaban J connectivity index is 1.90. The summed E-state index contributed by atoms with van der Waals surface area (Å²) in [5.41, 5.74) is 1.23. The number of aromatic nitrogens is 3. The molecule has 2 heterocycles. The Morgan fingerprint density at radius 1 is 1.13 bits per heavy atom. The highest BCUT2D eigenvalue weighted by atomic mass is 15.4. The van der Waals surface area contributed by atoms with Crippen molar-refractivity contribution >= 4 is 25.6 Å². The van der Waals surface area contributed by atoms with Crippen molar-refractivity contribution in [1.29, 1.82) is 0 Å². The van der Waals surface area contributed by atoms with E-state index in [4.69, 9.17) is 0 Å². The molecule has 3 rings (SSSR count). The van der Waals surface area contributed by atoms with E-state index >= 15 is 0 Å². The van der Waals surface area contributed by atoms with Gasteiger partial charge in [-0.05, 0) is 25.1 Å². The lowest BCUT2D eigenvalue weighted by molar-refractivity contribution is 0.569. The molecule has 8 heteroatoms. The van der Waals surface area contributed by atoms with Crippen LogP contribution < -0.4 is 9.62 Å². The summed E-state index contributed by atoms with van der Waals surface area (Å²) in [5, 5.41) is 7.03. The second-order valence-electron chi connectivity index (χ2n) is 6.08. The summed E-state index contributed by atoms with van der Waals surface area (Å²) in [6, 6.07) is 10.6. The van der Waals surface area contributed by atoms with Crippen molar-refractivity contribution in [2.45, 2.75) is 33.4 Å². The van der Waals surface area contributed by atoms with Gasteiger partial charge in [-0.3, -0.25) is 0 Å². The standard InChI is InChI=1S/C15H24B2N6/c1-4-5-11-23-16(2)21(14-9-7-6-8-10-14)13-22(17(23)3)15-18-12-19-20-15/h6-10,12H,4-5,11,13H2,1-3H3,(H,18,19,20). The van der Waals surface area contributed by atoms with Gasteiger partial charge in [0.2, 0.25) is 5.95 Å². The fourth-order valence-corrected chi connectivity index (χ4v) is 3.28. The Labute approximate surface area is 139 Å². The van der Waals surface area contributed by atoms with Crippen LogP contribution in [0.2, 0.25) is 13.6 Å². The van der Waals surface area contributed by atoms with Gasteiger partial charge in [0.15, 0.2) is 0 Å². The predicted molar refractivity (Wildman–Crippen MR) is 97.5 cm³/mol. The summed E-state index contributed by atoms with van der Waals surface area (Å²) >= 11 is 0. The molecule has 2 aromatic rings. The van der Waals surface area contributed by atoms with Gasteiger partial charge in [-0.15, -0.1) is 0 Å². The molecule has 0 unspecified atom stereocenters. The number of rotatable bonds is 5. The van der Waals surface area contributed by atoms with Crippen LogP contribution in [0, 0.1) is 0 Å². The van der Waals surface area contributed by atoms with Crippen LogP contribution in [0.25, 0.3) is 0 Å². The van der Waals surface area contributed by atoms with E-state index in [1.807, 2.05) is 0 Å². The second kappa shape index (κ2) is 7.08. The molecule has 1 fully saturated rings. The summed E-state index contributed by atoms with van der Waals surface area (Å²) in [6.45, 7) is 9.27. The van der Waals surface area contributed by atoms with E-state index in [0.29, 0.717) is 6.98 Å². The molecule has 0 bridgehead atoms. The molecule has 0 spiro atoms. The van der Waals surface area contributed by atoms with Crippen LogP contribution in [0.4, 0.5) is 11.6 Å². The molecule has 1 N–H and O–H groups in total. The quantitative estimate of drug-likeness (QED) is 0.860. The zero-order valence-corrected chi connectivity index (χ0v) is 14.2. The topological polar surface area (TPSA) is 51.3 Å². The summed E-state index contributed by atoms with van der Waals surface area (Å²) in [7, 11) is 0. The van der Waals surface area contributed by atoms with Gasteiger partial charge in [-0.1, -0.05) is 45.2 Å².